The third-order valence-corrected chi connectivity index (χ3v) is 5.12. The number of anilines is 1. The molecule has 7 nitrogen and oxygen atoms in total. The molecule has 1 amide bonds. The van der Waals surface area contributed by atoms with Gasteiger partial charge in [0.15, 0.2) is 0 Å². The molecule has 148 valence electrons. The van der Waals surface area contributed by atoms with Gasteiger partial charge in [-0.1, -0.05) is 18.2 Å². The first-order valence-electron chi connectivity index (χ1n) is 8.60. The highest BCUT2D eigenvalue weighted by atomic mass is 32.2. The molecule has 8 heteroatoms. The monoisotopic (exact) mass is 410 g/mol. The molecule has 0 saturated carbocycles. The van der Waals surface area contributed by atoms with E-state index in [-0.39, 0.29) is 28.5 Å². The van der Waals surface area contributed by atoms with E-state index in [0.717, 1.165) is 15.8 Å². The number of methoxy groups -OCH3 is 2. The van der Waals surface area contributed by atoms with Crippen molar-refractivity contribution in [3.63, 3.8) is 0 Å². The van der Waals surface area contributed by atoms with Crippen LogP contribution < -0.4 is 5.32 Å². The Morgan fingerprint density at radius 1 is 1.00 bits per heavy atom. The van der Waals surface area contributed by atoms with Gasteiger partial charge in [0.2, 0.25) is 5.91 Å². The SMILES string of the molecule is COC(=O)c1ccc(C(=O)OC)c(NC(=O)CSc2cccc3cccnc23)c1. The Hall–Kier alpha value is -3.39. The van der Waals surface area contributed by atoms with Crippen molar-refractivity contribution in [3.8, 4) is 0 Å². The van der Waals surface area contributed by atoms with E-state index >= 15 is 0 Å². The summed E-state index contributed by atoms with van der Waals surface area (Å²) in [6, 6.07) is 13.8. The van der Waals surface area contributed by atoms with Crippen molar-refractivity contribution in [1.29, 1.82) is 0 Å². The van der Waals surface area contributed by atoms with Gasteiger partial charge >= 0.3 is 11.9 Å². The quantitative estimate of drug-likeness (QED) is 0.491. The Balaban J connectivity index is 1.78. The van der Waals surface area contributed by atoms with Crippen LogP contribution in [0.5, 0.6) is 0 Å². The second kappa shape index (κ2) is 9.20. The number of hydrogen-bond acceptors (Lipinski definition) is 7. The standard InChI is InChI=1S/C21H18N2O5S/c1-27-20(25)14-8-9-15(21(26)28-2)16(11-14)23-18(24)12-29-17-7-3-5-13-6-4-10-22-19(13)17/h3-11H,12H2,1-2H3,(H,23,24). The Kier molecular flexibility index (Phi) is 6.46. The predicted molar refractivity (Wildman–Crippen MR) is 110 cm³/mol. The van der Waals surface area contributed by atoms with Crippen molar-refractivity contribution >= 4 is 46.2 Å². The topological polar surface area (TPSA) is 94.6 Å². The Bertz CT molecular complexity index is 1080. The highest BCUT2D eigenvalue weighted by Crippen LogP contribution is 2.26. The summed E-state index contributed by atoms with van der Waals surface area (Å²) in [5, 5.41) is 3.66. The third-order valence-electron chi connectivity index (χ3n) is 4.07. The number of carbonyl (C=O) groups is 3. The van der Waals surface area contributed by atoms with Gasteiger partial charge in [0.25, 0.3) is 0 Å². The number of carbonyl (C=O) groups excluding carboxylic acids is 3. The Morgan fingerprint density at radius 2 is 1.76 bits per heavy atom. The van der Waals surface area contributed by atoms with Crippen LogP contribution in [0.25, 0.3) is 10.9 Å². The highest BCUT2D eigenvalue weighted by molar-refractivity contribution is 8.00. The number of pyridine rings is 1. The van der Waals surface area contributed by atoms with Crippen LogP contribution in [0.4, 0.5) is 5.69 Å². The molecule has 0 aliphatic heterocycles. The van der Waals surface area contributed by atoms with Gasteiger partial charge in [-0.3, -0.25) is 9.78 Å². The first kappa shape index (κ1) is 20.3. The number of thioether (sulfide) groups is 1. The average molecular weight is 410 g/mol. The fourth-order valence-electron chi connectivity index (χ4n) is 2.70. The van der Waals surface area contributed by atoms with Gasteiger partial charge in [0.1, 0.15) is 0 Å². The van der Waals surface area contributed by atoms with E-state index in [4.69, 9.17) is 9.47 Å². The zero-order chi connectivity index (χ0) is 20.8. The molecular formula is C21H18N2O5S. The number of aromatic nitrogens is 1. The molecule has 29 heavy (non-hydrogen) atoms. The number of benzene rings is 2. The summed E-state index contributed by atoms with van der Waals surface area (Å²) in [5.74, 6) is -1.44. The average Bonchev–Trinajstić information content (AvgIpc) is 2.76. The molecule has 3 aromatic rings. The molecule has 1 aromatic heterocycles. The number of amides is 1. The molecule has 1 N–H and O–H groups in total. The minimum atomic E-state index is -0.623. The number of hydrogen-bond donors (Lipinski definition) is 1. The van der Waals surface area contributed by atoms with E-state index in [0.29, 0.717) is 0 Å². The first-order chi connectivity index (χ1) is 14.0. The number of esters is 2. The number of rotatable bonds is 6. The zero-order valence-corrected chi connectivity index (χ0v) is 16.6. The molecule has 1 heterocycles. The van der Waals surface area contributed by atoms with E-state index in [1.54, 1.807) is 6.20 Å². The van der Waals surface area contributed by atoms with Gasteiger partial charge in [-0.2, -0.15) is 0 Å². The normalized spacial score (nSPS) is 10.4. The van der Waals surface area contributed by atoms with E-state index in [9.17, 15) is 14.4 Å². The molecule has 0 saturated heterocycles. The molecule has 0 radical (unpaired) electrons. The number of para-hydroxylation sites is 1. The summed E-state index contributed by atoms with van der Waals surface area (Å²) >= 11 is 1.33. The summed E-state index contributed by atoms with van der Waals surface area (Å²) in [7, 11) is 2.50. The van der Waals surface area contributed by atoms with Gasteiger partial charge in [0.05, 0.1) is 42.3 Å². The molecule has 0 unspecified atom stereocenters. The maximum Gasteiger partial charge on any atom is 0.339 e. The second-order valence-electron chi connectivity index (χ2n) is 5.91. The van der Waals surface area contributed by atoms with Crippen LogP contribution in [0.1, 0.15) is 20.7 Å². The molecule has 0 atom stereocenters. The van der Waals surface area contributed by atoms with Crippen LogP contribution in [-0.4, -0.2) is 42.8 Å². The molecule has 0 spiro atoms. The lowest BCUT2D eigenvalue weighted by Gasteiger charge is -2.11. The molecule has 3 rings (SSSR count). The fourth-order valence-corrected chi connectivity index (χ4v) is 3.54. The Labute approximate surface area is 171 Å². The predicted octanol–water partition coefficient (Wildman–Crippen LogP) is 3.54. The first-order valence-corrected chi connectivity index (χ1v) is 9.59. The second-order valence-corrected chi connectivity index (χ2v) is 6.93. The number of ether oxygens (including phenoxy) is 2. The van der Waals surface area contributed by atoms with Crippen molar-refractivity contribution in [3.05, 3.63) is 65.9 Å². The van der Waals surface area contributed by atoms with Crippen molar-refractivity contribution in [2.75, 3.05) is 25.3 Å². The van der Waals surface area contributed by atoms with Gasteiger partial charge in [0, 0.05) is 16.5 Å². The summed E-state index contributed by atoms with van der Waals surface area (Å²) in [6.45, 7) is 0. The maximum atomic E-state index is 12.5. The van der Waals surface area contributed by atoms with Crippen LogP contribution in [0.3, 0.4) is 0 Å². The van der Waals surface area contributed by atoms with Crippen LogP contribution in [0.2, 0.25) is 0 Å². The Morgan fingerprint density at radius 3 is 2.52 bits per heavy atom. The lowest BCUT2D eigenvalue weighted by atomic mass is 10.1. The molecule has 0 aliphatic rings. The highest BCUT2D eigenvalue weighted by Gasteiger charge is 2.17. The van der Waals surface area contributed by atoms with Gasteiger partial charge < -0.3 is 14.8 Å². The smallest absolute Gasteiger partial charge is 0.339 e. The van der Waals surface area contributed by atoms with Gasteiger partial charge in [-0.15, -0.1) is 11.8 Å². The van der Waals surface area contributed by atoms with Crippen LogP contribution >= 0.6 is 11.8 Å². The lowest BCUT2D eigenvalue weighted by Crippen LogP contribution is -2.18. The van der Waals surface area contributed by atoms with Crippen LogP contribution in [0, 0.1) is 0 Å². The van der Waals surface area contributed by atoms with Crippen LogP contribution in [-0.2, 0) is 14.3 Å². The lowest BCUT2D eigenvalue weighted by molar-refractivity contribution is -0.113. The molecule has 0 aliphatic carbocycles. The van der Waals surface area contributed by atoms with Crippen molar-refractivity contribution < 1.29 is 23.9 Å². The third kappa shape index (κ3) is 4.72. The molecule has 2 aromatic carbocycles. The zero-order valence-electron chi connectivity index (χ0n) is 15.8. The number of nitrogens with zero attached hydrogens (tertiary/aromatic N) is 1. The minimum absolute atomic E-state index is 0.0960. The summed E-state index contributed by atoms with van der Waals surface area (Å²) in [4.78, 5) is 41.5. The summed E-state index contributed by atoms with van der Waals surface area (Å²) in [5.41, 5.74) is 1.35. The van der Waals surface area contributed by atoms with Gasteiger partial charge in [-0.05, 0) is 30.3 Å². The number of fused-ring (bicyclic) bond motifs is 1. The van der Waals surface area contributed by atoms with E-state index in [1.165, 1.54) is 44.2 Å². The fraction of sp³-hybridized carbons (Fsp3) is 0.143. The maximum absolute atomic E-state index is 12.5. The van der Waals surface area contributed by atoms with Crippen LogP contribution in [0.15, 0.2) is 59.6 Å². The van der Waals surface area contributed by atoms with Crippen molar-refractivity contribution in [2.45, 2.75) is 4.90 Å². The van der Waals surface area contributed by atoms with E-state index < -0.39 is 11.9 Å². The van der Waals surface area contributed by atoms with Gasteiger partial charge in [-0.25, -0.2) is 9.59 Å². The summed E-state index contributed by atoms with van der Waals surface area (Å²) in [6.07, 6.45) is 1.70. The minimum Gasteiger partial charge on any atom is -0.465 e. The molecule has 0 fully saturated rings. The van der Waals surface area contributed by atoms with Crippen molar-refractivity contribution in [2.24, 2.45) is 0 Å². The van der Waals surface area contributed by atoms with E-state index in [1.807, 2.05) is 30.3 Å². The van der Waals surface area contributed by atoms with Crippen molar-refractivity contribution in [1.82, 2.24) is 4.98 Å². The molecule has 0 bridgehead atoms. The molecular weight excluding hydrogens is 392 g/mol. The summed E-state index contributed by atoms with van der Waals surface area (Å²) < 4.78 is 9.43. The largest absolute Gasteiger partial charge is 0.465 e. The number of nitrogens with one attached hydrogen (secondary N) is 1. The van der Waals surface area contributed by atoms with E-state index in [2.05, 4.69) is 10.3 Å².